The number of furan rings is 1. The second-order valence-corrected chi connectivity index (χ2v) is 3.45. The lowest BCUT2D eigenvalue weighted by Crippen LogP contribution is -2.46. The monoisotopic (exact) mass is 232 g/mol. The van der Waals surface area contributed by atoms with Crippen LogP contribution in [0.15, 0.2) is 21.2 Å². The summed E-state index contributed by atoms with van der Waals surface area (Å²) < 4.78 is 5.62. The summed E-state index contributed by atoms with van der Waals surface area (Å²) in [5.74, 6) is -0.272. The van der Waals surface area contributed by atoms with Gasteiger partial charge in [-0.2, -0.15) is 0 Å². The third-order valence-electron chi connectivity index (χ3n) is 1.60. The second-order valence-electron chi connectivity index (χ2n) is 2.67. The van der Waals surface area contributed by atoms with Gasteiger partial charge in [0, 0.05) is 0 Å². The molecule has 0 spiro atoms. The lowest BCUT2D eigenvalue weighted by atomic mass is 10.0. The molecule has 0 radical (unpaired) electrons. The number of amides is 1. The molecule has 1 unspecified atom stereocenters. The Hall–Kier alpha value is -0.810. The van der Waals surface area contributed by atoms with Crippen LogP contribution in [0.3, 0.4) is 0 Å². The number of hydrogen-bond acceptors (Lipinski definition) is 3. The molecule has 1 heterocycles. The topological polar surface area (TPSA) is 82.2 Å². The number of hydrogen-bond donors (Lipinski definition) is 2. The van der Waals surface area contributed by atoms with Gasteiger partial charge < -0.3 is 15.9 Å². The lowest BCUT2D eigenvalue weighted by Gasteiger charge is -2.16. The van der Waals surface area contributed by atoms with Crippen molar-refractivity contribution in [1.29, 1.82) is 0 Å². The standard InChI is InChI=1S/C7H9BrN2O2/c1-7(10,6(9)11)4-2-3-5(8)12-4/h2-3H,10H2,1H3,(H2,9,11). The predicted molar refractivity (Wildman–Crippen MR) is 47.1 cm³/mol. The van der Waals surface area contributed by atoms with Gasteiger partial charge in [-0.05, 0) is 35.0 Å². The van der Waals surface area contributed by atoms with Crippen molar-refractivity contribution in [3.05, 3.63) is 22.6 Å². The van der Waals surface area contributed by atoms with Crippen molar-refractivity contribution in [2.75, 3.05) is 0 Å². The fourth-order valence-corrected chi connectivity index (χ4v) is 1.02. The molecule has 12 heavy (non-hydrogen) atoms. The van der Waals surface area contributed by atoms with Gasteiger partial charge in [0.2, 0.25) is 5.91 Å². The van der Waals surface area contributed by atoms with Crippen molar-refractivity contribution in [1.82, 2.24) is 0 Å². The molecule has 0 aliphatic heterocycles. The Morgan fingerprint density at radius 3 is 2.58 bits per heavy atom. The molecule has 0 fully saturated rings. The Morgan fingerprint density at radius 2 is 2.25 bits per heavy atom. The minimum Gasteiger partial charge on any atom is -0.452 e. The van der Waals surface area contributed by atoms with Crippen molar-refractivity contribution >= 4 is 21.8 Å². The molecular formula is C7H9BrN2O2. The van der Waals surface area contributed by atoms with Gasteiger partial charge in [0.25, 0.3) is 0 Å². The van der Waals surface area contributed by atoms with E-state index in [1.54, 1.807) is 12.1 Å². The van der Waals surface area contributed by atoms with E-state index in [2.05, 4.69) is 15.9 Å². The predicted octanol–water partition coefficient (Wildman–Crippen LogP) is 0.701. The first-order valence-electron chi connectivity index (χ1n) is 3.29. The van der Waals surface area contributed by atoms with Crippen LogP contribution in [0.25, 0.3) is 0 Å². The van der Waals surface area contributed by atoms with Gasteiger partial charge in [-0.25, -0.2) is 0 Å². The zero-order valence-corrected chi connectivity index (χ0v) is 8.09. The first-order chi connectivity index (χ1) is 5.44. The summed E-state index contributed by atoms with van der Waals surface area (Å²) in [5.41, 5.74) is 9.43. The van der Waals surface area contributed by atoms with Crippen LogP contribution in [0.4, 0.5) is 0 Å². The molecule has 5 heteroatoms. The maximum atomic E-state index is 10.9. The molecule has 0 saturated carbocycles. The highest BCUT2D eigenvalue weighted by Gasteiger charge is 2.31. The molecule has 0 aliphatic carbocycles. The van der Waals surface area contributed by atoms with Crippen molar-refractivity contribution in [2.24, 2.45) is 11.5 Å². The third kappa shape index (κ3) is 1.51. The van der Waals surface area contributed by atoms with Crippen molar-refractivity contribution in [2.45, 2.75) is 12.5 Å². The van der Waals surface area contributed by atoms with E-state index in [1.807, 2.05) is 0 Å². The Bertz CT molecular complexity index is 306. The van der Waals surface area contributed by atoms with Gasteiger partial charge in [-0.15, -0.1) is 0 Å². The highest BCUT2D eigenvalue weighted by molar-refractivity contribution is 9.10. The maximum Gasteiger partial charge on any atom is 0.245 e. The number of nitrogens with two attached hydrogens (primary N) is 2. The average molecular weight is 233 g/mol. The van der Waals surface area contributed by atoms with Gasteiger partial charge in [-0.3, -0.25) is 4.79 Å². The average Bonchev–Trinajstić information content (AvgIpc) is 2.35. The van der Waals surface area contributed by atoms with E-state index in [0.717, 1.165) is 0 Å². The largest absolute Gasteiger partial charge is 0.452 e. The SMILES string of the molecule is CC(N)(C(N)=O)c1ccc(Br)o1. The summed E-state index contributed by atoms with van der Waals surface area (Å²) in [6.45, 7) is 1.50. The number of carbonyl (C=O) groups excluding carboxylic acids is 1. The van der Waals surface area contributed by atoms with E-state index in [1.165, 1.54) is 6.92 Å². The summed E-state index contributed by atoms with van der Waals surface area (Å²) in [5, 5.41) is 0. The van der Waals surface area contributed by atoms with Gasteiger partial charge >= 0.3 is 0 Å². The van der Waals surface area contributed by atoms with Gasteiger partial charge in [0.1, 0.15) is 5.76 Å². The van der Waals surface area contributed by atoms with Crippen LogP contribution in [0.2, 0.25) is 0 Å². The fraction of sp³-hybridized carbons (Fsp3) is 0.286. The molecule has 4 nitrogen and oxygen atoms in total. The Labute approximate surface area is 78.0 Å². The molecule has 1 amide bonds. The van der Waals surface area contributed by atoms with Crippen LogP contribution in [0.5, 0.6) is 0 Å². The molecule has 0 aromatic carbocycles. The summed E-state index contributed by atoms with van der Waals surface area (Å²) in [6.07, 6.45) is 0. The molecule has 0 aliphatic rings. The van der Waals surface area contributed by atoms with Gasteiger partial charge in [0.15, 0.2) is 10.2 Å². The van der Waals surface area contributed by atoms with Crippen LogP contribution >= 0.6 is 15.9 Å². The van der Waals surface area contributed by atoms with Crippen molar-refractivity contribution in [3.8, 4) is 0 Å². The van der Waals surface area contributed by atoms with Gasteiger partial charge in [0.05, 0.1) is 0 Å². The maximum absolute atomic E-state index is 10.9. The summed E-state index contributed by atoms with van der Waals surface area (Å²) >= 11 is 3.10. The Morgan fingerprint density at radius 1 is 1.67 bits per heavy atom. The minimum absolute atomic E-state index is 0.349. The second kappa shape index (κ2) is 2.91. The Balaban J connectivity index is 3.05. The quantitative estimate of drug-likeness (QED) is 0.788. The van der Waals surface area contributed by atoms with Crippen LogP contribution < -0.4 is 11.5 Å². The van der Waals surface area contributed by atoms with Crippen molar-refractivity contribution in [3.63, 3.8) is 0 Å². The van der Waals surface area contributed by atoms with E-state index < -0.39 is 11.4 Å². The first-order valence-corrected chi connectivity index (χ1v) is 4.08. The normalized spacial score (nSPS) is 15.6. The molecular weight excluding hydrogens is 224 g/mol. The summed E-state index contributed by atoms with van der Waals surface area (Å²) in [6, 6.07) is 3.26. The first kappa shape index (κ1) is 9.28. The van der Waals surface area contributed by atoms with E-state index in [4.69, 9.17) is 15.9 Å². The van der Waals surface area contributed by atoms with Crippen LogP contribution in [-0.2, 0) is 10.3 Å². The number of primary amides is 1. The van der Waals surface area contributed by atoms with Crippen LogP contribution in [0.1, 0.15) is 12.7 Å². The van der Waals surface area contributed by atoms with Crippen LogP contribution in [0, 0.1) is 0 Å². The summed E-state index contributed by atoms with van der Waals surface area (Å²) in [7, 11) is 0. The third-order valence-corrected chi connectivity index (χ3v) is 2.02. The zero-order valence-electron chi connectivity index (χ0n) is 6.50. The molecule has 1 aromatic heterocycles. The number of rotatable bonds is 2. The number of carbonyl (C=O) groups is 1. The lowest BCUT2D eigenvalue weighted by molar-refractivity contribution is -0.123. The zero-order chi connectivity index (χ0) is 9.35. The van der Waals surface area contributed by atoms with E-state index in [9.17, 15) is 4.79 Å². The van der Waals surface area contributed by atoms with Crippen molar-refractivity contribution < 1.29 is 9.21 Å². The fourth-order valence-electron chi connectivity index (χ4n) is 0.715. The van der Waals surface area contributed by atoms with Crippen LogP contribution in [-0.4, -0.2) is 5.91 Å². The highest BCUT2D eigenvalue weighted by atomic mass is 79.9. The highest BCUT2D eigenvalue weighted by Crippen LogP contribution is 2.22. The van der Waals surface area contributed by atoms with E-state index in [-0.39, 0.29) is 0 Å². The minimum atomic E-state index is -1.24. The molecule has 1 atom stereocenters. The van der Waals surface area contributed by atoms with E-state index >= 15 is 0 Å². The molecule has 4 N–H and O–H groups in total. The molecule has 0 saturated heterocycles. The van der Waals surface area contributed by atoms with E-state index in [0.29, 0.717) is 10.4 Å². The molecule has 66 valence electrons. The molecule has 1 rings (SSSR count). The summed E-state index contributed by atoms with van der Waals surface area (Å²) in [4.78, 5) is 10.9. The van der Waals surface area contributed by atoms with Gasteiger partial charge in [-0.1, -0.05) is 0 Å². The molecule has 1 aromatic rings. The molecule has 0 bridgehead atoms. The smallest absolute Gasteiger partial charge is 0.245 e. The Kier molecular flexibility index (Phi) is 2.25. The number of halogens is 1.